The van der Waals surface area contributed by atoms with Crippen LogP contribution in [0.25, 0.3) is 0 Å². The number of nitrogens with two attached hydrogens (primary N) is 1. The Morgan fingerprint density at radius 1 is 1.19 bits per heavy atom. The lowest BCUT2D eigenvalue weighted by Crippen LogP contribution is -2.16. The van der Waals surface area contributed by atoms with E-state index in [4.69, 9.17) is 22.6 Å². The molecule has 0 aliphatic heterocycles. The minimum absolute atomic E-state index is 0.218. The van der Waals surface area contributed by atoms with Gasteiger partial charge in [0.2, 0.25) is 10.0 Å². The summed E-state index contributed by atoms with van der Waals surface area (Å²) < 4.78 is 26.6. The van der Waals surface area contributed by atoms with Gasteiger partial charge < -0.3 is 5.73 Å². The maximum absolute atomic E-state index is 12.1. The van der Waals surface area contributed by atoms with Crippen molar-refractivity contribution in [3.05, 3.63) is 58.6 Å². The van der Waals surface area contributed by atoms with Gasteiger partial charge in [-0.25, -0.2) is 8.42 Å². The normalized spacial score (nSPS) is 10.9. The third-order valence-corrected chi connectivity index (χ3v) is 4.20. The molecule has 2 aromatic carbocycles. The van der Waals surface area contributed by atoms with Crippen molar-refractivity contribution < 1.29 is 8.42 Å². The molecule has 0 spiro atoms. The summed E-state index contributed by atoms with van der Waals surface area (Å²) in [5.74, 6) is -0.218. The smallest absolute Gasteiger partial charge is 0.236 e. The van der Waals surface area contributed by atoms with Crippen LogP contribution in [0, 0.1) is 11.3 Å². The fraction of sp³-hybridized carbons (Fsp3) is 0.0714. The summed E-state index contributed by atoms with van der Waals surface area (Å²) in [5, 5.41) is 9.09. The minimum Gasteiger partial charge on any atom is -0.397 e. The van der Waals surface area contributed by atoms with Crippen molar-refractivity contribution in [1.82, 2.24) is 0 Å². The highest BCUT2D eigenvalue weighted by atomic mass is 35.5. The molecule has 3 N–H and O–H groups in total. The van der Waals surface area contributed by atoms with Gasteiger partial charge in [-0.2, -0.15) is 5.26 Å². The number of benzene rings is 2. The third kappa shape index (κ3) is 4.12. The number of nitrogens with one attached hydrogen (secondary N) is 1. The monoisotopic (exact) mass is 321 g/mol. The van der Waals surface area contributed by atoms with Crippen molar-refractivity contribution in [3.63, 3.8) is 0 Å². The molecule has 0 aliphatic rings. The Balaban J connectivity index is 2.18. The fourth-order valence-electron chi connectivity index (χ4n) is 1.72. The van der Waals surface area contributed by atoms with Gasteiger partial charge in [0.15, 0.2) is 0 Å². The van der Waals surface area contributed by atoms with Crippen LogP contribution in [0.1, 0.15) is 11.1 Å². The van der Waals surface area contributed by atoms with Crippen molar-refractivity contribution in [2.24, 2.45) is 0 Å². The fourth-order valence-corrected chi connectivity index (χ4v) is 3.10. The number of hydrogen-bond acceptors (Lipinski definition) is 4. The first kappa shape index (κ1) is 15.2. The molecule has 0 saturated carbocycles. The van der Waals surface area contributed by atoms with E-state index >= 15 is 0 Å². The van der Waals surface area contributed by atoms with Crippen molar-refractivity contribution in [2.75, 3.05) is 10.5 Å². The zero-order chi connectivity index (χ0) is 15.5. The molecule has 0 aromatic heterocycles. The Morgan fingerprint density at radius 2 is 1.86 bits per heavy atom. The summed E-state index contributed by atoms with van der Waals surface area (Å²) in [5.41, 5.74) is 7.29. The van der Waals surface area contributed by atoms with Gasteiger partial charge in [0.25, 0.3) is 0 Å². The van der Waals surface area contributed by atoms with Crippen molar-refractivity contribution in [2.45, 2.75) is 5.75 Å². The van der Waals surface area contributed by atoms with Gasteiger partial charge >= 0.3 is 0 Å². The minimum atomic E-state index is -3.62. The third-order valence-electron chi connectivity index (χ3n) is 2.72. The number of nitrogens with zero attached hydrogens (tertiary/aromatic N) is 1. The van der Waals surface area contributed by atoms with Crippen LogP contribution in [0.4, 0.5) is 11.4 Å². The number of nitrogen functional groups attached to an aromatic ring is 1. The summed E-state index contributed by atoms with van der Waals surface area (Å²) >= 11 is 5.82. The van der Waals surface area contributed by atoms with Crippen LogP contribution in [0.2, 0.25) is 5.02 Å². The second-order valence-electron chi connectivity index (χ2n) is 4.40. The first-order chi connectivity index (χ1) is 9.89. The molecular weight excluding hydrogens is 310 g/mol. The highest BCUT2D eigenvalue weighted by Gasteiger charge is 2.13. The molecule has 2 aromatic rings. The quantitative estimate of drug-likeness (QED) is 0.846. The lowest BCUT2D eigenvalue weighted by molar-refractivity contribution is 0.600. The van der Waals surface area contributed by atoms with Crippen LogP contribution < -0.4 is 10.5 Å². The molecule has 0 heterocycles. The van der Waals surface area contributed by atoms with Crippen LogP contribution >= 0.6 is 11.6 Å². The lowest BCUT2D eigenvalue weighted by atomic mass is 10.2. The predicted octanol–water partition coefficient (Wildman–Crippen LogP) is 2.74. The van der Waals surface area contributed by atoms with E-state index < -0.39 is 10.0 Å². The van der Waals surface area contributed by atoms with E-state index in [0.717, 1.165) is 0 Å². The maximum Gasteiger partial charge on any atom is 0.236 e. The first-order valence-electron chi connectivity index (χ1n) is 5.94. The molecule has 0 aliphatic carbocycles. The second-order valence-corrected chi connectivity index (χ2v) is 6.56. The Morgan fingerprint density at radius 3 is 2.48 bits per heavy atom. The summed E-state index contributed by atoms with van der Waals surface area (Å²) in [7, 11) is -3.62. The number of halogens is 1. The van der Waals surface area contributed by atoms with Gasteiger partial charge in [-0.05, 0) is 35.9 Å². The molecule has 0 amide bonds. The summed E-state index contributed by atoms with van der Waals surface area (Å²) in [6, 6.07) is 12.9. The molecule has 7 heteroatoms. The SMILES string of the molecule is N#Cc1ccc(CS(=O)(=O)Nc2cc(Cl)ccc2N)cc1. The van der Waals surface area contributed by atoms with Crippen LogP contribution in [0.5, 0.6) is 0 Å². The Kier molecular flexibility index (Phi) is 4.36. The number of anilines is 2. The average Bonchev–Trinajstić information content (AvgIpc) is 2.43. The molecule has 0 radical (unpaired) electrons. The summed E-state index contributed by atoms with van der Waals surface area (Å²) in [6.07, 6.45) is 0. The van der Waals surface area contributed by atoms with E-state index in [1.165, 1.54) is 12.1 Å². The van der Waals surface area contributed by atoms with E-state index in [2.05, 4.69) is 4.72 Å². The number of rotatable bonds is 4. The molecule has 108 valence electrons. The number of sulfonamides is 1. The highest BCUT2D eigenvalue weighted by molar-refractivity contribution is 7.91. The average molecular weight is 322 g/mol. The topological polar surface area (TPSA) is 96.0 Å². The summed E-state index contributed by atoms with van der Waals surface area (Å²) in [4.78, 5) is 0. The number of hydrogen-bond donors (Lipinski definition) is 2. The Hall–Kier alpha value is -2.23. The van der Waals surface area contributed by atoms with Gasteiger partial charge in [0.1, 0.15) is 0 Å². The predicted molar refractivity (Wildman–Crippen MR) is 83.3 cm³/mol. The van der Waals surface area contributed by atoms with Gasteiger partial charge in [0.05, 0.1) is 28.8 Å². The van der Waals surface area contributed by atoms with Crippen LogP contribution in [0.15, 0.2) is 42.5 Å². The molecule has 0 fully saturated rings. The Labute approximate surface area is 128 Å². The molecule has 5 nitrogen and oxygen atoms in total. The summed E-state index contributed by atoms with van der Waals surface area (Å²) in [6.45, 7) is 0. The standard InChI is InChI=1S/C14H12ClN3O2S/c15-12-5-6-13(17)14(7-12)18-21(19,20)9-11-3-1-10(8-16)2-4-11/h1-7,18H,9,17H2. The molecule has 0 atom stereocenters. The van der Waals surface area contributed by atoms with Gasteiger partial charge in [-0.15, -0.1) is 0 Å². The van der Waals surface area contributed by atoms with E-state index in [-0.39, 0.29) is 11.4 Å². The zero-order valence-corrected chi connectivity index (χ0v) is 12.4. The van der Waals surface area contributed by atoms with Crippen LogP contribution in [-0.2, 0) is 15.8 Å². The molecule has 0 bridgehead atoms. The Bertz CT molecular complexity index is 796. The van der Waals surface area contributed by atoms with Crippen LogP contribution in [-0.4, -0.2) is 8.42 Å². The lowest BCUT2D eigenvalue weighted by Gasteiger charge is -2.10. The maximum atomic E-state index is 12.1. The van der Waals surface area contributed by atoms with E-state index in [9.17, 15) is 8.42 Å². The van der Waals surface area contributed by atoms with Gasteiger partial charge in [0, 0.05) is 5.02 Å². The van der Waals surface area contributed by atoms with E-state index in [0.29, 0.717) is 21.8 Å². The molecule has 0 unspecified atom stereocenters. The second kappa shape index (κ2) is 6.04. The van der Waals surface area contributed by atoms with Crippen LogP contribution in [0.3, 0.4) is 0 Å². The zero-order valence-electron chi connectivity index (χ0n) is 10.9. The molecular formula is C14H12ClN3O2S. The van der Waals surface area contributed by atoms with Crippen molar-refractivity contribution in [1.29, 1.82) is 5.26 Å². The van der Waals surface area contributed by atoms with Gasteiger partial charge in [-0.1, -0.05) is 23.7 Å². The molecule has 0 saturated heterocycles. The molecule has 2 rings (SSSR count). The van der Waals surface area contributed by atoms with Crippen molar-refractivity contribution >= 4 is 33.0 Å². The van der Waals surface area contributed by atoms with Crippen molar-refractivity contribution in [3.8, 4) is 6.07 Å². The largest absolute Gasteiger partial charge is 0.397 e. The highest BCUT2D eigenvalue weighted by Crippen LogP contribution is 2.24. The van der Waals surface area contributed by atoms with Gasteiger partial charge in [-0.3, -0.25) is 4.72 Å². The van der Waals surface area contributed by atoms with E-state index in [1.807, 2.05) is 6.07 Å². The number of nitriles is 1. The van der Waals surface area contributed by atoms with E-state index in [1.54, 1.807) is 30.3 Å². The first-order valence-corrected chi connectivity index (χ1v) is 7.97. The molecule has 21 heavy (non-hydrogen) atoms.